The molecule has 0 amide bonds. The van der Waals surface area contributed by atoms with Crippen LogP contribution in [0.2, 0.25) is 0 Å². The van der Waals surface area contributed by atoms with Crippen LogP contribution in [0.3, 0.4) is 0 Å². The third kappa shape index (κ3) is 2.81. The third-order valence-electron chi connectivity index (χ3n) is 9.51. The van der Waals surface area contributed by atoms with Crippen molar-refractivity contribution in [1.82, 2.24) is 0 Å². The van der Waals surface area contributed by atoms with E-state index in [1.54, 1.807) is 6.92 Å². The van der Waals surface area contributed by atoms with E-state index in [0.29, 0.717) is 23.5 Å². The van der Waals surface area contributed by atoms with E-state index in [-0.39, 0.29) is 33.7 Å². The van der Waals surface area contributed by atoms with Crippen LogP contribution in [0.25, 0.3) is 0 Å². The van der Waals surface area contributed by atoms with Crippen molar-refractivity contribution in [1.29, 1.82) is 0 Å². The molecule has 0 aromatic carbocycles. The second-order valence-electron chi connectivity index (χ2n) is 10.6. The number of ether oxygens (including phenoxy) is 1. The molecule has 0 aliphatic heterocycles. The maximum absolute atomic E-state index is 12.3. The fourth-order valence-electron chi connectivity index (χ4n) is 8.17. The van der Waals surface area contributed by atoms with Crippen molar-refractivity contribution < 1.29 is 14.3 Å². The molecule has 3 nitrogen and oxygen atoms in total. The van der Waals surface area contributed by atoms with Gasteiger partial charge >= 0.3 is 5.97 Å². The minimum atomic E-state index is -0.251. The number of fused-ring (bicyclic) bond motifs is 5. The lowest BCUT2D eigenvalue weighted by Crippen LogP contribution is -2.60. The third-order valence-corrected chi connectivity index (χ3v) is 10.3. The van der Waals surface area contributed by atoms with Crippen LogP contribution in [0, 0.1) is 34.5 Å². The van der Waals surface area contributed by atoms with E-state index in [1.165, 1.54) is 32.6 Å². The second-order valence-corrected chi connectivity index (χ2v) is 11.3. The molecule has 0 aromatic rings. The molecule has 0 saturated heterocycles. The predicted octanol–water partition coefficient (Wildman–Crippen LogP) is 5.53. The highest BCUT2D eigenvalue weighted by atomic mass is 35.5. The fraction of sp³-hybridized carbons (Fsp3) is 0.913. The average Bonchev–Trinajstić information content (AvgIpc) is 2.93. The smallest absolute Gasteiger partial charge is 0.302 e. The van der Waals surface area contributed by atoms with Crippen LogP contribution in [0.4, 0.5) is 0 Å². The normalized spacial score (nSPS) is 51.7. The van der Waals surface area contributed by atoms with Crippen LogP contribution in [0.15, 0.2) is 0 Å². The molecule has 2 unspecified atom stereocenters. The molecule has 4 aliphatic carbocycles. The van der Waals surface area contributed by atoms with Gasteiger partial charge in [-0.3, -0.25) is 9.59 Å². The van der Waals surface area contributed by atoms with Crippen LogP contribution < -0.4 is 0 Å². The van der Waals surface area contributed by atoms with E-state index >= 15 is 0 Å². The fourth-order valence-corrected chi connectivity index (χ4v) is 8.68. The first kappa shape index (κ1) is 19.7. The van der Waals surface area contributed by atoms with Crippen molar-refractivity contribution >= 4 is 23.4 Å². The number of carbonyl (C=O) groups excluding carboxylic acids is 2. The monoisotopic (exact) mass is 394 g/mol. The highest BCUT2D eigenvalue weighted by Gasteiger charge is 2.65. The molecule has 27 heavy (non-hydrogen) atoms. The lowest BCUT2D eigenvalue weighted by Gasteiger charge is -2.63. The Morgan fingerprint density at radius 2 is 1.67 bits per heavy atom. The molecule has 4 aliphatic rings. The van der Waals surface area contributed by atoms with Crippen molar-refractivity contribution in [2.24, 2.45) is 34.5 Å². The Labute approximate surface area is 168 Å². The number of carbonyl (C=O) groups is 2. The zero-order chi connectivity index (χ0) is 19.6. The molecule has 0 N–H and O–H groups in total. The van der Waals surface area contributed by atoms with Crippen LogP contribution in [-0.2, 0) is 14.3 Å². The van der Waals surface area contributed by atoms with Crippen molar-refractivity contribution in [3.8, 4) is 0 Å². The first-order chi connectivity index (χ1) is 12.6. The molecule has 4 fully saturated rings. The van der Waals surface area contributed by atoms with Crippen LogP contribution in [0.5, 0.6) is 0 Å². The highest BCUT2D eigenvalue weighted by Crippen LogP contribution is 2.69. The van der Waals surface area contributed by atoms with Gasteiger partial charge in [-0.25, -0.2) is 0 Å². The Bertz CT molecular complexity index is 648. The number of ketones is 1. The molecular formula is C23H35ClO3. The van der Waals surface area contributed by atoms with Gasteiger partial charge in [-0.15, -0.1) is 11.6 Å². The summed E-state index contributed by atoms with van der Waals surface area (Å²) in [6, 6.07) is 0. The summed E-state index contributed by atoms with van der Waals surface area (Å²) in [5.74, 6) is 2.50. The van der Waals surface area contributed by atoms with Gasteiger partial charge in [-0.05, 0) is 86.9 Å². The van der Waals surface area contributed by atoms with Crippen molar-refractivity contribution in [2.75, 3.05) is 0 Å². The maximum atomic E-state index is 12.3. The van der Waals surface area contributed by atoms with Gasteiger partial charge in [-0.2, -0.15) is 0 Å². The van der Waals surface area contributed by atoms with Gasteiger partial charge in [-0.1, -0.05) is 13.8 Å². The number of alkyl halides is 1. The van der Waals surface area contributed by atoms with Gasteiger partial charge in [0.1, 0.15) is 11.9 Å². The lowest BCUT2D eigenvalue weighted by molar-refractivity contribution is -0.157. The summed E-state index contributed by atoms with van der Waals surface area (Å²) >= 11 is 7.33. The van der Waals surface area contributed by atoms with Gasteiger partial charge in [0.05, 0.1) is 4.87 Å². The summed E-state index contributed by atoms with van der Waals surface area (Å²) in [6.45, 7) is 8.11. The van der Waals surface area contributed by atoms with E-state index in [1.807, 2.05) is 0 Å². The van der Waals surface area contributed by atoms with Crippen molar-refractivity contribution in [3.63, 3.8) is 0 Å². The lowest BCUT2D eigenvalue weighted by atomic mass is 9.44. The van der Waals surface area contributed by atoms with E-state index in [2.05, 4.69) is 13.8 Å². The van der Waals surface area contributed by atoms with E-state index in [4.69, 9.17) is 16.3 Å². The molecule has 4 saturated carbocycles. The number of hydrogen-bond donors (Lipinski definition) is 0. The predicted molar refractivity (Wildman–Crippen MR) is 107 cm³/mol. The van der Waals surface area contributed by atoms with Gasteiger partial charge in [0, 0.05) is 19.3 Å². The van der Waals surface area contributed by atoms with Gasteiger partial charge in [0.15, 0.2) is 0 Å². The molecule has 0 bridgehead atoms. The number of halogens is 1. The number of hydrogen-bond acceptors (Lipinski definition) is 3. The molecule has 0 radical (unpaired) electrons. The van der Waals surface area contributed by atoms with E-state index in [0.717, 1.165) is 32.1 Å². The SMILES string of the molecule is CC(=O)OC1CC[C@]2(C)[C@H]3CC[C@]4(C)[C@@H](C(C)=O)CC[C@H]4[C@@H]3CCC2(Cl)C1. The van der Waals surface area contributed by atoms with E-state index < -0.39 is 0 Å². The topological polar surface area (TPSA) is 43.4 Å². The summed E-state index contributed by atoms with van der Waals surface area (Å²) in [6.07, 6.45) is 9.60. The minimum Gasteiger partial charge on any atom is -0.462 e. The summed E-state index contributed by atoms with van der Waals surface area (Å²) in [5, 5.41) is 0. The molecule has 4 heteroatoms. The first-order valence-corrected chi connectivity index (χ1v) is 11.4. The van der Waals surface area contributed by atoms with E-state index in [9.17, 15) is 9.59 Å². The Hall–Kier alpha value is -0.570. The number of rotatable bonds is 2. The standard InChI is InChI=1S/C23H35ClO3/c1-14(25)18-5-6-19-17-8-12-23(24)13-16(27-15(2)26)7-11-22(23,4)20(17)9-10-21(18,19)3/h16-20H,5-13H2,1-4H3/t16?,17-,18+,19-,20-,21+,22+,23?/m0/s1. The van der Waals surface area contributed by atoms with Crippen molar-refractivity contribution in [3.05, 3.63) is 0 Å². The summed E-state index contributed by atoms with van der Waals surface area (Å²) in [5.41, 5.74) is 0.314. The summed E-state index contributed by atoms with van der Waals surface area (Å²) in [7, 11) is 0. The Morgan fingerprint density at radius 3 is 2.33 bits per heavy atom. The average molecular weight is 395 g/mol. The molecule has 152 valence electrons. The van der Waals surface area contributed by atoms with Gasteiger partial charge < -0.3 is 4.74 Å². The van der Waals surface area contributed by atoms with Crippen LogP contribution >= 0.6 is 11.6 Å². The largest absolute Gasteiger partial charge is 0.462 e. The molecular weight excluding hydrogens is 360 g/mol. The molecule has 8 atom stereocenters. The summed E-state index contributed by atoms with van der Waals surface area (Å²) < 4.78 is 5.55. The molecule has 0 spiro atoms. The molecule has 0 aromatic heterocycles. The first-order valence-electron chi connectivity index (χ1n) is 11.0. The maximum Gasteiger partial charge on any atom is 0.302 e. The molecule has 4 rings (SSSR count). The minimum absolute atomic E-state index is 0.0212. The van der Waals surface area contributed by atoms with Crippen LogP contribution in [-0.4, -0.2) is 22.7 Å². The van der Waals surface area contributed by atoms with Crippen molar-refractivity contribution in [2.45, 2.75) is 96.5 Å². The van der Waals surface area contributed by atoms with Gasteiger partial charge in [0.25, 0.3) is 0 Å². The second kappa shape index (κ2) is 6.47. The number of Topliss-reactive ketones (excluding diaryl/α,β-unsaturated/α-hetero) is 1. The summed E-state index contributed by atoms with van der Waals surface area (Å²) in [4.78, 5) is 23.5. The Kier molecular flexibility index (Phi) is 4.73. The zero-order valence-corrected chi connectivity index (χ0v) is 18.1. The van der Waals surface area contributed by atoms with Crippen LogP contribution in [0.1, 0.15) is 85.5 Å². The van der Waals surface area contributed by atoms with Gasteiger partial charge in [0.2, 0.25) is 0 Å². The Morgan fingerprint density at radius 1 is 0.926 bits per heavy atom. The molecule has 0 heterocycles. The number of esters is 1. The Balaban J connectivity index is 1.59. The zero-order valence-electron chi connectivity index (χ0n) is 17.4. The quantitative estimate of drug-likeness (QED) is 0.457. The highest BCUT2D eigenvalue weighted by molar-refractivity contribution is 6.24.